The summed E-state index contributed by atoms with van der Waals surface area (Å²) in [5.74, 6) is 0.503. The predicted octanol–water partition coefficient (Wildman–Crippen LogP) is 2.13. The van der Waals surface area contributed by atoms with Crippen LogP contribution in [0.2, 0.25) is 0 Å². The van der Waals surface area contributed by atoms with Gasteiger partial charge >= 0.3 is 5.97 Å². The molecule has 3 heteroatoms. The van der Waals surface area contributed by atoms with Gasteiger partial charge in [0.05, 0.1) is 6.61 Å². The molecule has 0 spiro atoms. The van der Waals surface area contributed by atoms with Crippen molar-refractivity contribution in [2.75, 3.05) is 19.7 Å². The van der Waals surface area contributed by atoms with Crippen molar-refractivity contribution < 1.29 is 9.53 Å². The Morgan fingerprint density at radius 3 is 2.80 bits per heavy atom. The first kappa shape index (κ1) is 14.2. The molecule has 88 valence electrons. The van der Waals surface area contributed by atoms with E-state index < -0.39 is 0 Å². The van der Waals surface area contributed by atoms with Gasteiger partial charge < -0.3 is 10.1 Å². The van der Waals surface area contributed by atoms with Crippen LogP contribution in [0, 0.1) is 5.92 Å². The van der Waals surface area contributed by atoms with Crippen molar-refractivity contribution in [2.24, 2.45) is 5.92 Å². The standard InChI is InChI=1S/C12H23NO2/c1-4-15-12(14)8-6-10-13-9-5-7-11(2)3/h6,8,11,13H,4-5,7,9-10H2,1-3H3/b8-6+. The minimum Gasteiger partial charge on any atom is -0.463 e. The van der Waals surface area contributed by atoms with Crippen LogP contribution in [-0.2, 0) is 9.53 Å². The van der Waals surface area contributed by atoms with Crippen LogP contribution in [0.15, 0.2) is 12.2 Å². The number of nitrogens with one attached hydrogen (secondary N) is 1. The average molecular weight is 213 g/mol. The van der Waals surface area contributed by atoms with Crippen LogP contribution in [0.5, 0.6) is 0 Å². The Morgan fingerprint density at radius 2 is 2.20 bits per heavy atom. The van der Waals surface area contributed by atoms with Crippen molar-refractivity contribution in [3.8, 4) is 0 Å². The number of hydrogen-bond acceptors (Lipinski definition) is 3. The molecule has 0 aliphatic heterocycles. The van der Waals surface area contributed by atoms with Crippen LogP contribution in [0.3, 0.4) is 0 Å². The summed E-state index contributed by atoms with van der Waals surface area (Å²) in [5, 5.41) is 3.24. The molecule has 0 aliphatic carbocycles. The van der Waals surface area contributed by atoms with Crippen molar-refractivity contribution in [1.82, 2.24) is 5.32 Å². The molecule has 0 unspecified atom stereocenters. The third-order valence-electron chi connectivity index (χ3n) is 1.94. The van der Waals surface area contributed by atoms with Gasteiger partial charge in [-0.1, -0.05) is 19.9 Å². The number of ether oxygens (including phenoxy) is 1. The van der Waals surface area contributed by atoms with E-state index in [4.69, 9.17) is 4.74 Å². The van der Waals surface area contributed by atoms with Gasteiger partial charge in [0.25, 0.3) is 0 Å². The first-order valence-corrected chi connectivity index (χ1v) is 5.70. The molecule has 0 radical (unpaired) electrons. The van der Waals surface area contributed by atoms with Crippen molar-refractivity contribution in [3.63, 3.8) is 0 Å². The Bertz CT molecular complexity index is 188. The molecule has 0 atom stereocenters. The Kier molecular flexibility index (Phi) is 9.18. The Balaban J connectivity index is 3.26. The largest absolute Gasteiger partial charge is 0.463 e. The van der Waals surface area contributed by atoms with Crippen molar-refractivity contribution >= 4 is 5.97 Å². The predicted molar refractivity (Wildman–Crippen MR) is 62.7 cm³/mol. The molecule has 0 fully saturated rings. The third-order valence-corrected chi connectivity index (χ3v) is 1.94. The van der Waals surface area contributed by atoms with Crippen LogP contribution in [0.4, 0.5) is 0 Å². The van der Waals surface area contributed by atoms with Gasteiger partial charge in [-0.05, 0) is 32.2 Å². The quantitative estimate of drug-likeness (QED) is 0.381. The molecule has 0 aliphatic rings. The Morgan fingerprint density at radius 1 is 1.47 bits per heavy atom. The highest BCUT2D eigenvalue weighted by atomic mass is 16.5. The lowest BCUT2D eigenvalue weighted by atomic mass is 10.1. The van der Waals surface area contributed by atoms with E-state index >= 15 is 0 Å². The normalized spacial score (nSPS) is 11.2. The minimum atomic E-state index is -0.263. The molecule has 0 saturated heterocycles. The summed E-state index contributed by atoms with van der Waals surface area (Å²) in [6.07, 6.45) is 5.70. The molecule has 0 saturated carbocycles. The van der Waals surface area contributed by atoms with E-state index in [9.17, 15) is 4.79 Å². The van der Waals surface area contributed by atoms with Gasteiger partial charge in [-0.15, -0.1) is 0 Å². The number of carbonyl (C=O) groups is 1. The summed E-state index contributed by atoms with van der Waals surface area (Å²) in [4.78, 5) is 10.9. The second-order valence-electron chi connectivity index (χ2n) is 3.89. The SMILES string of the molecule is CCOC(=O)/C=C/CNCCCC(C)C. The highest BCUT2D eigenvalue weighted by molar-refractivity contribution is 5.81. The average Bonchev–Trinajstić information content (AvgIpc) is 2.16. The maximum Gasteiger partial charge on any atom is 0.330 e. The Hall–Kier alpha value is -0.830. The van der Waals surface area contributed by atoms with E-state index in [2.05, 4.69) is 19.2 Å². The highest BCUT2D eigenvalue weighted by Crippen LogP contribution is 2.01. The zero-order chi connectivity index (χ0) is 11.5. The van der Waals surface area contributed by atoms with Crippen LogP contribution in [0.1, 0.15) is 33.6 Å². The number of hydrogen-bond donors (Lipinski definition) is 1. The van der Waals surface area contributed by atoms with Crippen LogP contribution >= 0.6 is 0 Å². The summed E-state index contributed by atoms with van der Waals surface area (Å²) >= 11 is 0. The molecule has 0 heterocycles. The van der Waals surface area contributed by atoms with Gasteiger partial charge in [0, 0.05) is 12.6 Å². The maximum absolute atomic E-state index is 10.9. The third kappa shape index (κ3) is 11.1. The van der Waals surface area contributed by atoms with Crippen molar-refractivity contribution in [2.45, 2.75) is 33.6 Å². The summed E-state index contributed by atoms with van der Waals surface area (Å²) in [5.41, 5.74) is 0. The van der Waals surface area contributed by atoms with Crippen LogP contribution in [-0.4, -0.2) is 25.7 Å². The molecule has 3 nitrogen and oxygen atoms in total. The van der Waals surface area contributed by atoms with Crippen LogP contribution < -0.4 is 5.32 Å². The van der Waals surface area contributed by atoms with Crippen LogP contribution in [0.25, 0.3) is 0 Å². The minimum absolute atomic E-state index is 0.263. The summed E-state index contributed by atoms with van der Waals surface area (Å²) in [6, 6.07) is 0. The summed E-state index contributed by atoms with van der Waals surface area (Å²) < 4.78 is 4.75. The smallest absolute Gasteiger partial charge is 0.330 e. The fraction of sp³-hybridized carbons (Fsp3) is 0.750. The fourth-order valence-electron chi connectivity index (χ4n) is 1.17. The molecule has 0 aromatic carbocycles. The zero-order valence-electron chi connectivity index (χ0n) is 10.1. The van der Waals surface area contributed by atoms with Gasteiger partial charge in [0.15, 0.2) is 0 Å². The van der Waals surface area contributed by atoms with Crippen molar-refractivity contribution in [1.29, 1.82) is 0 Å². The lowest BCUT2D eigenvalue weighted by Crippen LogP contribution is -2.15. The number of rotatable bonds is 8. The monoisotopic (exact) mass is 213 g/mol. The van der Waals surface area contributed by atoms with Gasteiger partial charge in [-0.2, -0.15) is 0 Å². The molecule has 0 aromatic rings. The second kappa shape index (κ2) is 9.71. The van der Waals surface area contributed by atoms with E-state index in [1.165, 1.54) is 18.9 Å². The molecular weight excluding hydrogens is 190 g/mol. The fourth-order valence-corrected chi connectivity index (χ4v) is 1.17. The molecule has 0 aromatic heterocycles. The molecule has 0 bridgehead atoms. The molecular formula is C12H23NO2. The first-order valence-electron chi connectivity index (χ1n) is 5.70. The van der Waals surface area contributed by atoms with E-state index in [1.807, 2.05) is 0 Å². The highest BCUT2D eigenvalue weighted by Gasteiger charge is 1.93. The van der Waals surface area contributed by atoms with Gasteiger partial charge in [0.2, 0.25) is 0 Å². The van der Waals surface area contributed by atoms with E-state index in [0.717, 1.165) is 19.0 Å². The van der Waals surface area contributed by atoms with Crippen molar-refractivity contribution in [3.05, 3.63) is 12.2 Å². The number of carbonyl (C=O) groups excluding carboxylic acids is 1. The molecule has 15 heavy (non-hydrogen) atoms. The maximum atomic E-state index is 10.9. The van der Waals surface area contributed by atoms with E-state index in [0.29, 0.717) is 6.61 Å². The first-order chi connectivity index (χ1) is 7.16. The Labute approximate surface area is 92.9 Å². The van der Waals surface area contributed by atoms with E-state index in [1.54, 1.807) is 13.0 Å². The van der Waals surface area contributed by atoms with Gasteiger partial charge in [-0.3, -0.25) is 0 Å². The topological polar surface area (TPSA) is 38.3 Å². The lowest BCUT2D eigenvalue weighted by molar-refractivity contribution is -0.137. The summed E-state index contributed by atoms with van der Waals surface area (Å²) in [6.45, 7) is 8.42. The molecule has 1 N–H and O–H groups in total. The molecule has 0 amide bonds. The van der Waals surface area contributed by atoms with Gasteiger partial charge in [-0.25, -0.2) is 4.79 Å². The lowest BCUT2D eigenvalue weighted by Gasteiger charge is -2.04. The van der Waals surface area contributed by atoms with Gasteiger partial charge in [0.1, 0.15) is 0 Å². The summed E-state index contributed by atoms with van der Waals surface area (Å²) in [7, 11) is 0. The second-order valence-corrected chi connectivity index (χ2v) is 3.89. The molecule has 0 rings (SSSR count). The zero-order valence-corrected chi connectivity index (χ0v) is 10.1. The number of esters is 1. The van der Waals surface area contributed by atoms with E-state index in [-0.39, 0.29) is 5.97 Å².